The molecule has 1 heteroatoms. The van der Waals surface area contributed by atoms with Crippen LogP contribution in [-0.4, -0.2) is 5.11 Å². The molecule has 102 valence electrons. The summed E-state index contributed by atoms with van der Waals surface area (Å²) in [6.07, 6.45) is 0. The van der Waals surface area contributed by atoms with E-state index in [1.165, 1.54) is 16.7 Å². The van der Waals surface area contributed by atoms with E-state index in [-0.39, 0.29) is 10.8 Å². The van der Waals surface area contributed by atoms with Crippen LogP contribution in [0.1, 0.15) is 69.4 Å². The first-order valence-electron chi connectivity index (χ1n) is 6.72. The summed E-state index contributed by atoms with van der Waals surface area (Å²) in [7, 11) is 0. The third-order valence-electron chi connectivity index (χ3n) is 3.78. The lowest BCUT2D eigenvalue weighted by molar-refractivity contribution is 0.437. The van der Waals surface area contributed by atoms with E-state index in [4.69, 9.17) is 0 Å². The molecule has 0 heterocycles. The van der Waals surface area contributed by atoms with Gasteiger partial charge in [0.05, 0.1) is 0 Å². The zero-order valence-corrected chi connectivity index (χ0v) is 13.4. The lowest BCUT2D eigenvalue weighted by Gasteiger charge is -2.32. The number of phenolic OH excluding ortho intramolecular Hbond substituents is 1. The van der Waals surface area contributed by atoms with Crippen molar-refractivity contribution in [3.8, 4) is 5.75 Å². The average Bonchev–Trinajstić information content (AvgIpc) is 2.09. The largest absolute Gasteiger partial charge is 0.507 e. The van der Waals surface area contributed by atoms with Crippen molar-refractivity contribution >= 4 is 0 Å². The first kappa shape index (κ1) is 15.1. The summed E-state index contributed by atoms with van der Waals surface area (Å²) >= 11 is 0. The summed E-state index contributed by atoms with van der Waals surface area (Å²) in [6, 6.07) is 0. The molecule has 0 amide bonds. The van der Waals surface area contributed by atoms with Gasteiger partial charge in [-0.2, -0.15) is 0 Å². The molecule has 0 aliphatic carbocycles. The Morgan fingerprint density at radius 2 is 1.00 bits per heavy atom. The van der Waals surface area contributed by atoms with Gasteiger partial charge in [-0.3, -0.25) is 0 Å². The molecule has 0 unspecified atom stereocenters. The predicted octanol–water partition coefficient (Wildman–Crippen LogP) is 4.91. The minimum atomic E-state index is -0.0351. The SMILES string of the molecule is Cc1c(C)c(C(C)(C)C)c(C)c(C(C)(C)C)c1O. The Labute approximate surface area is 112 Å². The molecule has 1 aromatic rings. The van der Waals surface area contributed by atoms with Crippen molar-refractivity contribution < 1.29 is 5.11 Å². The first-order valence-corrected chi connectivity index (χ1v) is 6.72. The second-order valence-corrected chi connectivity index (χ2v) is 7.47. The monoisotopic (exact) mass is 248 g/mol. The standard InChI is InChI=1S/C17H28O/c1-10-11(2)15(18)14(17(7,8)9)12(3)13(10)16(4,5)6/h18H,1-9H3. The van der Waals surface area contributed by atoms with Gasteiger partial charge in [0.25, 0.3) is 0 Å². The molecule has 1 aromatic carbocycles. The van der Waals surface area contributed by atoms with E-state index in [2.05, 4.69) is 55.4 Å². The fourth-order valence-corrected chi connectivity index (χ4v) is 3.18. The van der Waals surface area contributed by atoms with Gasteiger partial charge < -0.3 is 5.11 Å². The van der Waals surface area contributed by atoms with E-state index in [1.807, 2.05) is 6.92 Å². The van der Waals surface area contributed by atoms with Crippen molar-refractivity contribution in [1.82, 2.24) is 0 Å². The molecule has 0 radical (unpaired) electrons. The van der Waals surface area contributed by atoms with E-state index in [0.29, 0.717) is 5.75 Å². The van der Waals surface area contributed by atoms with Gasteiger partial charge in [0.15, 0.2) is 0 Å². The van der Waals surface area contributed by atoms with Crippen LogP contribution in [0, 0.1) is 20.8 Å². The van der Waals surface area contributed by atoms with Crippen LogP contribution in [0.4, 0.5) is 0 Å². The van der Waals surface area contributed by atoms with Crippen LogP contribution in [0.3, 0.4) is 0 Å². The molecule has 0 bridgehead atoms. The van der Waals surface area contributed by atoms with Crippen LogP contribution in [0.2, 0.25) is 0 Å². The second kappa shape index (κ2) is 4.29. The normalized spacial score (nSPS) is 12.9. The molecule has 1 N–H and O–H groups in total. The average molecular weight is 248 g/mol. The van der Waals surface area contributed by atoms with Crippen molar-refractivity contribution in [2.45, 2.75) is 73.1 Å². The Balaban J connectivity index is 3.83. The Morgan fingerprint density at radius 3 is 1.33 bits per heavy atom. The van der Waals surface area contributed by atoms with E-state index in [9.17, 15) is 5.11 Å². The van der Waals surface area contributed by atoms with Crippen molar-refractivity contribution in [2.75, 3.05) is 0 Å². The topological polar surface area (TPSA) is 20.2 Å². The van der Waals surface area contributed by atoms with Crippen LogP contribution in [0.25, 0.3) is 0 Å². The number of benzene rings is 1. The summed E-state index contributed by atoms with van der Waals surface area (Å²) in [4.78, 5) is 0. The van der Waals surface area contributed by atoms with Gasteiger partial charge >= 0.3 is 0 Å². The maximum Gasteiger partial charge on any atom is 0.122 e. The Kier molecular flexibility index (Phi) is 3.60. The van der Waals surface area contributed by atoms with Gasteiger partial charge in [-0.25, -0.2) is 0 Å². The summed E-state index contributed by atoms with van der Waals surface area (Å²) in [5, 5.41) is 10.5. The molecule has 18 heavy (non-hydrogen) atoms. The van der Waals surface area contributed by atoms with Gasteiger partial charge in [0.2, 0.25) is 0 Å². The third kappa shape index (κ3) is 2.41. The van der Waals surface area contributed by atoms with E-state index >= 15 is 0 Å². The zero-order chi connectivity index (χ0) is 14.5. The fourth-order valence-electron chi connectivity index (χ4n) is 3.18. The van der Waals surface area contributed by atoms with Crippen LogP contribution in [-0.2, 0) is 10.8 Å². The van der Waals surface area contributed by atoms with Gasteiger partial charge in [-0.05, 0) is 53.9 Å². The fraction of sp³-hybridized carbons (Fsp3) is 0.647. The van der Waals surface area contributed by atoms with Gasteiger partial charge in [0.1, 0.15) is 5.75 Å². The first-order chi connectivity index (χ1) is 7.89. The molecule has 0 aliphatic heterocycles. The number of hydrogen-bond donors (Lipinski definition) is 1. The molecule has 1 nitrogen and oxygen atoms in total. The number of rotatable bonds is 0. The molecule has 0 fully saturated rings. The molecule has 0 saturated carbocycles. The van der Waals surface area contributed by atoms with Gasteiger partial charge in [-0.15, -0.1) is 0 Å². The Morgan fingerprint density at radius 1 is 0.611 bits per heavy atom. The minimum absolute atomic E-state index is 0.0351. The van der Waals surface area contributed by atoms with Crippen LogP contribution >= 0.6 is 0 Å². The summed E-state index contributed by atoms with van der Waals surface area (Å²) in [5.41, 5.74) is 6.04. The van der Waals surface area contributed by atoms with Crippen molar-refractivity contribution in [3.63, 3.8) is 0 Å². The minimum Gasteiger partial charge on any atom is -0.507 e. The second-order valence-electron chi connectivity index (χ2n) is 7.47. The smallest absolute Gasteiger partial charge is 0.122 e. The number of aromatic hydroxyl groups is 1. The van der Waals surface area contributed by atoms with Crippen LogP contribution in [0.5, 0.6) is 5.75 Å². The summed E-state index contributed by atoms with van der Waals surface area (Å²) in [5.74, 6) is 0.477. The van der Waals surface area contributed by atoms with E-state index in [1.54, 1.807) is 0 Å². The molecular weight excluding hydrogens is 220 g/mol. The van der Waals surface area contributed by atoms with Crippen LogP contribution < -0.4 is 0 Å². The maximum absolute atomic E-state index is 10.5. The molecule has 0 aliphatic rings. The Bertz CT molecular complexity index is 427. The zero-order valence-electron chi connectivity index (χ0n) is 13.4. The Hall–Kier alpha value is -0.980. The third-order valence-corrected chi connectivity index (χ3v) is 3.78. The molecule has 0 atom stereocenters. The van der Waals surface area contributed by atoms with Crippen LogP contribution in [0.15, 0.2) is 0 Å². The highest BCUT2D eigenvalue weighted by molar-refractivity contribution is 5.58. The quantitative estimate of drug-likeness (QED) is 0.691. The molecule has 1 rings (SSSR count). The highest BCUT2D eigenvalue weighted by Gasteiger charge is 2.29. The highest BCUT2D eigenvalue weighted by atomic mass is 16.3. The maximum atomic E-state index is 10.5. The van der Waals surface area contributed by atoms with Gasteiger partial charge in [-0.1, -0.05) is 41.5 Å². The summed E-state index contributed by atoms with van der Waals surface area (Å²) in [6.45, 7) is 19.5. The van der Waals surface area contributed by atoms with Crippen molar-refractivity contribution in [1.29, 1.82) is 0 Å². The van der Waals surface area contributed by atoms with E-state index < -0.39 is 0 Å². The summed E-state index contributed by atoms with van der Waals surface area (Å²) < 4.78 is 0. The molecular formula is C17H28O. The molecule has 0 saturated heterocycles. The lowest BCUT2D eigenvalue weighted by atomic mass is 9.73. The number of hydrogen-bond acceptors (Lipinski definition) is 1. The van der Waals surface area contributed by atoms with Gasteiger partial charge in [0, 0.05) is 5.56 Å². The molecule has 0 spiro atoms. The predicted molar refractivity (Wildman–Crippen MR) is 79.7 cm³/mol. The lowest BCUT2D eigenvalue weighted by Crippen LogP contribution is -2.22. The van der Waals surface area contributed by atoms with E-state index in [0.717, 1.165) is 11.1 Å². The van der Waals surface area contributed by atoms with Crippen molar-refractivity contribution in [2.24, 2.45) is 0 Å². The molecule has 0 aromatic heterocycles. The number of phenols is 1. The van der Waals surface area contributed by atoms with Crippen molar-refractivity contribution in [3.05, 3.63) is 27.8 Å². The highest BCUT2D eigenvalue weighted by Crippen LogP contribution is 2.43.